The molecule has 1 heterocycles. The van der Waals surface area contributed by atoms with Gasteiger partial charge in [0.15, 0.2) is 5.01 Å². The fourth-order valence-corrected chi connectivity index (χ4v) is 6.83. The summed E-state index contributed by atoms with van der Waals surface area (Å²) in [5.74, 6) is 0.571. The van der Waals surface area contributed by atoms with Crippen LogP contribution in [-0.4, -0.2) is 27.6 Å². The van der Waals surface area contributed by atoms with Crippen LogP contribution in [0, 0.1) is 5.92 Å². The van der Waals surface area contributed by atoms with E-state index in [2.05, 4.69) is 51.2 Å². The quantitative estimate of drug-likeness (QED) is 0.458. The number of hydrogen-bond donors (Lipinski definition) is 2. The maximum Gasteiger partial charge on any atom is 0.280 e. The first-order valence-corrected chi connectivity index (χ1v) is 14.4. The molecular weight excluding hydrogens is 452 g/mol. The van der Waals surface area contributed by atoms with Crippen molar-refractivity contribution >= 4 is 17.2 Å². The molecular formula is C30H42N2O2S. The highest BCUT2D eigenvalue weighted by Gasteiger charge is 2.41. The first kappa shape index (κ1) is 25.0. The molecule has 3 aliphatic carbocycles. The molecule has 0 radical (unpaired) electrons. The van der Waals surface area contributed by atoms with E-state index in [1.54, 1.807) is 11.3 Å². The Hall–Kier alpha value is -1.72. The van der Waals surface area contributed by atoms with Gasteiger partial charge in [0, 0.05) is 6.04 Å². The van der Waals surface area contributed by atoms with Crippen molar-refractivity contribution < 1.29 is 9.90 Å². The van der Waals surface area contributed by atoms with Crippen LogP contribution in [0.25, 0.3) is 10.4 Å². The van der Waals surface area contributed by atoms with Crippen LogP contribution in [0.2, 0.25) is 0 Å². The summed E-state index contributed by atoms with van der Waals surface area (Å²) in [5, 5.41) is 13.8. The Morgan fingerprint density at radius 1 is 1.11 bits per heavy atom. The predicted octanol–water partition coefficient (Wildman–Crippen LogP) is 6.93. The molecule has 190 valence electrons. The molecule has 2 aromatic rings. The van der Waals surface area contributed by atoms with Crippen LogP contribution in [0.15, 0.2) is 18.2 Å². The second-order valence-corrected chi connectivity index (χ2v) is 14.2. The van der Waals surface area contributed by atoms with E-state index in [4.69, 9.17) is 4.98 Å². The lowest BCUT2D eigenvalue weighted by Gasteiger charge is -2.40. The largest absolute Gasteiger partial charge is 0.390 e. The summed E-state index contributed by atoms with van der Waals surface area (Å²) in [5.41, 5.74) is 4.82. The van der Waals surface area contributed by atoms with E-state index in [0.717, 1.165) is 12.1 Å². The third-order valence-electron chi connectivity index (χ3n) is 8.56. The van der Waals surface area contributed by atoms with Gasteiger partial charge >= 0.3 is 0 Å². The minimum absolute atomic E-state index is 0.0391. The summed E-state index contributed by atoms with van der Waals surface area (Å²) in [4.78, 5) is 19.3. The van der Waals surface area contributed by atoms with E-state index < -0.39 is 5.60 Å². The van der Waals surface area contributed by atoms with Crippen molar-refractivity contribution in [2.75, 3.05) is 0 Å². The Morgan fingerprint density at radius 2 is 1.80 bits per heavy atom. The first-order valence-electron chi connectivity index (χ1n) is 13.6. The molecule has 3 aliphatic rings. The number of nitrogens with one attached hydrogen (secondary N) is 1. The van der Waals surface area contributed by atoms with Gasteiger partial charge in [-0.05, 0) is 84.6 Å². The number of carbonyl (C=O) groups is 1. The molecule has 0 bridgehead atoms. The number of aliphatic hydroxyl groups is 1. The number of amides is 1. The zero-order chi connectivity index (χ0) is 25.0. The smallest absolute Gasteiger partial charge is 0.280 e. The molecule has 2 N–H and O–H groups in total. The standard InChI is InChI=1S/C30H42N2O2S/c1-28(2,3)21-14-20(15-22(16-21)29(4)11-12-29)25-24(13-19-9-7-6-8-10-19)32-27(35-25)26(33)31-23-17-30(5,34)18-23/h14-16,19,23,34H,6-13,17-18H2,1-5H3,(H,31,33). The Labute approximate surface area is 215 Å². The lowest BCUT2D eigenvalue weighted by atomic mass is 9.77. The molecule has 0 atom stereocenters. The normalized spacial score (nSPS) is 26.3. The van der Waals surface area contributed by atoms with Gasteiger partial charge in [-0.15, -0.1) is 11.3 Å². The Kier molecular flexibility index (Phi) is 6.41. The van der Waals surface area contributed by atoms with Gasteiger partial charge in [-0.25, -0.2) is 4.98 Å². The van der Waals surface area contributed by atoms with E-state index in [-0.39, 0.29) is 22.8 Å². The number of rotatable bonds is 6. The lowest BCUT2D eigenvalue weighted by molar-refractivity contribution is -0.0367. The number of benzene rings is 1. The minimum atomic E-state index is -0.652. The molecule has 0 spiro atoms. The van der Waals surface area contributed by atoms with Gasteiger partial charge in [-0.3, -0.25) is 4.79 Å². The zero-order valence-electron chi connectivity index (χ0n) is 22.2. The molecule has 1 aromatic heterocycles. The van der Waals surface area contributed by atoms with Crippen molar-refractivity contribution in [1.29, 1.82) is 0 Å². The van der Waals surface area contributed by atoms with Gasteiger partial charge in [0.25, 0.3) is 5.91 Å². The maximum absolute atomic E-state index is 13.2. The minimum Gasteiger partial charge on any atom is -0.390 e. The average molecular weight is 495 g/mol. The fourth-order valence-electron chi connectivity index (χ4n) is 5.84. The molecule has 0 aliphatic heterocycles. The molecule has 35 heavy (non-hydrogen) atoms. The number of hydrogen-bond acceptors (Lipinski definition) is 4. The van der Waals surface area contributed by atoms with Crippen LogP contribution >= 0.6 is 11.3 Å². The van der Waals surface area contributed by atoms with E-state index >= 15 is 0 Å². The maximum atomic E-state index is 13.2. The van der Waals surface area contributed by atoms with Crippen LogP contribution in [0.1, 0.15) is 119 Å². The molecule has 1 amide bonds. The van der Waals surface area contributed by atoms with Crippen molar-refractivity contribution in [3.8, 4) is 10.4 Å². The SMILES string of the molecule is CC1(O)CC(NC(=O)c2nc(CC3CCCCC3)c(-c3cc(C(C)(C)C)cc(C4(C)CC4)c3)s2)C1. The first-order chi connectivity index (χ1) is 16.4. The average Bonchev–Trinajstić information content (AvgIpc) is 3.39. The Bertz CT molecular complexity index is 1070. The van der Waals surface area contributed by atoms with Gasteiger partial charge in [0.2, 0.25) is 0 Å². The van der Waals surface area contributed by atoms with Crippen LogP contribution in [0.5, 0.6) is 0 Å². The highest BCUT2D eigenvalue weighted by molar-refractivity contribution is 7.17. The third-order valence-corrected chi connectivity index (χ3v) is 9.71. The molecule has 0 unspecified atom stereocenters. The summed E-state index contributed by atoms with van der Waals surface area (Å²) >= 11 is 1.56. The van der Waals surface area contributed by atoms with Crippen molar-refractivity contribution in [2.24, 2.45) is 5.92 Å². The summed E-state index contributed by atoms with van der Waals surface area (Å²) < 4.78 is 0. The van der Waals surface area contributed by atoms with Crippen LogP contribution < -0.4 is 5.32 Å². The summed E-state index contributed by atoms with van der Waals surface area (Å²) in [7, 11) is 0. The lowest BCUT2D eigenvalue weighted by Crippen LogP contribution is -2.53. The topological polar surface area (TPSA) is 62.2 Å². The zero-order valence-corrected chi connectivity index (χ0v) is 23.0. The van der Waals surface area contributed by atoms with Gasteiger partial charge in [0.1, 0.15) is 0 Å². The van der Waals surface area contributed by atoms with Crippen LogP contribution in [0.4, 0.5) is 0 Å². The van der Waals surface area contributed by atoms with E-state index in [1.807, 2.05) is 6.92 Å². The van der Waals surface area contributed by atoms with E-state index in [0.29, 0.717) is 23.8 Å². The Morgan fingerprint density at radius 3 is 2.40 bits per heavy atom. The number of carbonyl (C=O) groups excluding carboxylic acids is 1. The third kappa shape index (κ3) is 5.51. The van der Waals surface area contributed by atoms with Crippen molar-refractivity contribution in [3.63, 3.8) is 0 Å². The second-order valence-electron chi connectivity index (χ2n) is 13.2. The molecule has 4 nitrogen and oxygen atoms in total. The number of nitrogens with zero attached hydrogens (tertiary/aromatic N) is 1. The summed E-state index contributed by atoms with van der Waals surface area (Å²) in [6.45, 7) is 11.1. The van der Waals surface area contributed by atoms with E-state index in [9.17, 15) is 9.90 Å². The molecule has 0 saturated heterocycles. The molecule has 1 aromatic carbocycles. The van der Waals surface area contributed by atoms with Crippen molar-refractivity contribution in [3.05, 3.63) is 40.0 Å². The number of aromatic nitrogens is 1. The second kappa shape index (κ2) is 8.99. The predicted molar refractivity (Wildman–Crippen MR) is 144 cm³/mol. The molecule has 5 rings (SSSR count). The summed E-state index contributed by atoms with van der Waals surface area (Å²) in [6.07, 6.45) is 11.2. The van der Waals surface area contributed by atoms with Gasteiger partial charge < -0.3 is 10.4 Å². The van der Waals surface area contributed by atoms with Gasteiger partial charge in [-0.2, -0.15) is 0 Å². The van der Waals surface area contributed by atoms with Crippen molar-refractivity contribution in [1.82, 2.24) is 10.3 Å². The molecule has 5 heteroatoms. The highest BCUT2D eigenvalue weighted by Crippen LogP contribution is 2.50. The monoisotopic (exact) mass is 494 g/mol. The van der Waals surface area contributed by atoms with E-state index in [1.165, 1.54) is 66.5 Å². The highest BCUT2D eigenvalue weighted by atomic mass is 32.1. The number of thiazole rings is 1. The van der Waals surface area contributed by atoms with Crippen LogP contribution in [0.3, 0.4) is 0 Å². The molecule has 3 saturated carbocycles. The van der Waals surface area contributed by atoms with Gasteiger partial charge in [0.05, 0.1) is 16.2 Å². The van der Waals surface area contributed by atoms with Crippen LogP contribution in [-0.2, 0) is 17.3 Å². The Balaban J connectivity index is 1.50. The van der Waals surface area contributed by atoms with Crippen molar-refractivity contribution in [2.45, 2.75) is 121 Å². The molecule has 3 fully saturated rings. The summed E-state index contributed by atoms with van der Waals surface area (Å²) in [6, 6.07) is 7.18. The fraction of sp³-hybridized carbons (Fsp3) is 0.667. The van der Waals surface area contributed by atoms with Gasteiger partial charge in [-0.1, -0.05) is 65.9 Å².